The topological polar surface area (TPSA) is 79.5 Å². The van der Waals surface area contributed by atoms with Gasteiger partial charge < -0.3 is 15.2 Å². The van der Waals surface area contributed by atoms with Gasteiger partial charge in [-0.25, -0.2) is 4.99 Å². The summed E-state index contributed by atoms with van der Waals surface area (Å²) in [4.78, 5) is 4.48. The zero-order valence-corrected chi connectivity index (χ0v) is 15.9. The molecule has 0 fully saturated rings. The highest BCUT2D eigenvalue weighted by Crippen LogP contribution is 2.14. The average Bonchev–Trinajstić information content (AvgIpc) is 2.92. The summed E-state index contributed by atoms with van der Waals surface area (Å²) in [7, 11) is -0.873. The standard InChI is InChI=1S/C16H30N4O2S/c1-7-17-15(18-8-9-23(21)16(4,5)6)19-11-13-10-14(12(2)3)20-22-13/h10,12H,7-9,11H2,1-6H3,(H2,17,18,19). The Labute approximate surface area is 142 Å². The van der Waals surface area contributed by atoms with E-state index in [0.29, 0.717) is 30.7 Å². The van der Waals surface area contributed by atoms with Crippen LogP contribution in [0.25, 0.3) is 0 Å². The molecule has 7 heteroatoms. The van der Waals surface area contributed by atoms with Crippen molar-refractivity contribution in [3.8, 4) is 0 Å². The lowest BCUT2D eigenvalue weighted by Gasteiger charge is -2.18. The number of hydrogen-bond donors (Lipinski definition) is 2. The van der Waals surface area contributed by atoms with Gasteiger partial charge in [-0.2, -0.15) is 0 Å². The van der Waals surface area contributed by atoms with Crippen LogP contribution in [0.15, 0.2) is 15.6 Å². The summed E-state index contributed by atoms with van der Waals surface area (Å²) in [5, 5.41) is 10.4. The van der Waals surface area contributed by atoms with E-state index in [0.717, 1.165) is 18.0 Å². The maximum atomic E-state index is 12.0. The number of rotatable bonds is 7. The highest BCUT2D eigenvalue weighted by Gasteiger charge is 2.18. The SMILES string of the molecule is CCNC(=NCc1cc(C(C)C)no1)NCCS(=O)C(C)(C)C. The van der Waals surface area contributed by atoms with E-state index in [-0.39, 0.29) is 4.75 Å². The van der Waals surface area contributed by atoms with Gasteiger partial charge in [0.05, 0.1) is 5.69 Å². The van der Waals surface area contributed by atoms with E-state index in [1.165, 1.54) is 0 Å². The fourth-order valence-electron chi connectivity index (χ4n) is 1.74. The molecule has 6 nitrogen and oxygen atoms in total. The number of nitrogens with one attached hydrogen (secondary N) is 2. The summed E-state index contributed by atoms with van der Waals surface area (Å²) in [6, 6.07) is 1.94. The van der Waals surface area contributed by atoms with Crippen LogP contribution in [-0.2, 0) is 17.3 Å². The van der Waals surface area contributed by atoms with Crippen molar-refractivity contribution in [2.45, 2.75) is 58.8 Å². The van der Waals surface area contributed by atoms with E-state index < -0.39 is 10.8 Å². The first-order valence-electron chi connectivity index (χ1n) is 8.10. The fraction of sp³-hybridized carbons (Fsp3) is 0.750. The Bertz CT molecular complexity index is 532. The van der Waals surface area contributed by atoms with Crippen LogP contribution >= 0.6 is 0 Å². The first-order valence-corrected chi connectivity index (χ1v) is 9.42. The molecule has 0 radical (unpaired) electrons. The van der Waals surface area contributed by atoms with Crippen molar-refractivity contribution < 1.29 is 8.73 Å². The van der Waals surface area contributed by atoms with Crippen LogP contribution in [-0.4, -0.2) is 38.9 Å². The molecule has 0 aliphatic carbocycles. The summed E-state index contributed by atoms with van der Waals surface area (Å²) in [5.41, 5.74) is 0.939. The predicted molar refractivity (Wildman–Crippen MR) is 96.2 cm³/mol. The van der Waals surface area contributed by atoms with E-state index in [9.17, 15) is 4.21 Å². The minimum atomic E-state index is -0.873. The maximum absolute atomic E-state index is 12.0. The fourth-order valence-corrected chi connectivity index (χ4v) is 2.64. The predicted octanol–water partition coefficient (Wildman–Crippen LogP) is 2.40. The molecule has 0 spiro atoms. The van der Waals surface area contributed by atoms with Crippen LogP contribution in [0.1, 0.15) is 58.9 Å². The van der Waals surface area contributed by atoms with E-state index in [1.54, 1.807) is 0 Å². The Balaban J connectivity index is 2.54. The largest absolute Gasteiger partial charge is 0.359 e. The molecule has 1 heterocycles. The molecule has 1 rings (SSSR count). The van der Waals surface area contributed by atoms with Gasteiger partial charge in [-0.3, -0.25) is 4.21 Å². The first kappa shape index (κ1) is 19.7. The van der Waals surface area contributed by atoms with Gasteiger partial charge in [0.2, 0.25) is 0 Å². The third-order valence-electron chi connectivity index (χ3n) is 3.17. The molecule has 0 saturated carbocycles. The number of hydrogen-bond acceptors (Lipinski definition) is 4. The van der Waals surface area contributed by atoms with Crippen LogP contribution in [0.5, 0.6) is 0 Å². The van der Waals surface area contributed by atoms with E-state index in [2.05, 4.69) is 34.6 Å². The quantitative estimate of drug-likeness (QED) is 0.587. The van der Waals surface area contributed by atoms with Crippen LogP contribution in [0.4, 0.5) is 0 Å². The summed E-state index contributed by atoms with van der Waals surface area (Å²) in [6.45, 7) is 13.9. The molecule has 1 aromatic rings. The van der Waals surface area contributed by atoms with Gasteiger partial charge in [-0.1, -0.05) is 19.0 Å². The van der Waals surface area contributed by atoms with Gasteiger partial charge in [0.25, 0.3) is 0 Å². The van der Waals surface area contributed by atoms with Crippen molar-refractivity contribution in [2.75, 3.05) is 18.8 Å². The molecule has 0 aliphatic rings. The maximum Gasteiger partial charge on any atom is 0.191 e. The van der Waals surface area contributed by atoms with Gasteiger partial charge >= 0.3 is 0 Å². The second kappa shape index (κ2) is 9.05. The lowest BCUT2D eigenvalue weighted by molar-refractivity contribution is 0.376. The lowest BCUT2D eigenvalue weighted by Crippen LogP contribution is -2.40. The van der Waals surface area contributed by atoms with Crippen molar-refractivity contribution in [3.05, 3.63) is 17.5 Å². The Morgan fingerprint density at radius 2 is 2.09 bits per heavy atom. The highest BCUT2D eigenvalue weighted by molar-refractivity contribution is 7.86. The molecular formula is C16H30N4O2S. The van der Waals surface area contributed by atoms with Crippen molar-refractivity contribution in [1.29, 1.82) is 0 Å². The normalized spacial score (nSPS) is 14.1. The Morgan fingerprint density at radius 3 is 2.61 bits per heavy atom. The minimum Gasteiger partial charge on any atom is -0.359 e. The summed E-state index contributed by atoms with van der Waals surface area (Å²) in [6.07, 6.45) is 0. The van der Waals surface area contributed by atoms with Crippen molar-refractivity contribution in [2.24, 2.45) is 4.99 Å². The molecule has 23 heavy (non-hydrogen) atoms. The second-order valence-electron chi connectivity index (χ2n) is 6.66. The van der Waals surface area contributed by atoms with Gasteiger partial charge in [-0.05, 0) is 33.6 Å². The first-order chi connectivity index (χ1) is 10.7. The van der Waals surface area contributed by atoms with Gasteiger partial charge in [-0.15, -0.1) is 0 Å². The zero-order chi connectivity index (χ0) is 17.5. The molecule has 0 aromatic carbocycles. The highest BCUT2D eigenvalue weighted by atomic mass is 32.2. The van der Waals surface area contributed by atoms with Crippen LogP contribution in [0, 0.1) is 0 Å². The number of guanidine groups is 1. The van der Waals surface area contributed by atoms with Crippen molar-refractivity contribution in [3.63, 3.8) is 0 Å². The van der Waals surface area contributed by atoms with Crippen LogP contribution in [0.3, 0.4) is 0 Å². The summed E-state index contributed by atoms with van der Waals surface area (Å²) >= 11 is 0. The van der Waals surface area contributed by atoms with Gasteiger partial charge in [0.15, 0.2) is 11.7 Å². The van der Waals surface area contributed by atoms with Crippen molar-refractivity contribution >= 4 is 16.8 Å². The summed E-state index contributed by atoms with van der Waals surface area (Å²) < 4.78 is 17.1. The average molecular weight is 343 g/mol. The van der Waals surface area contributed by atoms with Crippen molar-refractivity contribution in [1.82, 2.24) is 15.8 Å². The number of nitrogens with zero attached hydrogens (tertiary/aromatic N) is 2. The number of aromatic nitrogens is 1. The number of aliphatic imine (C=N–C) groups is 1. The van der Waals surface area contributed by atoms with Gasteiger partial charge in [0.1, 0.15) is 6.54 Å². The smallest absolute Gasteiger partial charge is 0.191 e. The minimum absolute atomic E-state index is 0.190. The zero-order valence-electron chi connectivity index (χ0n) is 15.1. The van der Waals surface area contributed by atoms with E-state index in [4.69, 9.17) is 4.52 Å². The van der Waals surface area contributed by atoms with Gasteiger partial charge in [0, 0.05) is 40.5 Å². The van der Waals surface area contributed by atoms with Crippen LogP contribution < -0.4 is 10.6 Å². The molecular weight excluding hydrogens is 312 g/mol. The monoisotopic (exact) mass is 342 g/mol. The molecule has 0 aliphatic heterocycles. The molecule has 1 aromatic heterocycles. The summed E-state index contributed by atoms with van der Waals surface area (Å²) in [5.74, 6) is 2.37. The second-order valence-corrected chi connectivity index (χ2v) is 8.98. The third kappa shape index (κ3) is 7.16. The lowest BCUT2D eigenvalue weighted by atomic mass is 10.1. The van der Waals surface area contributed by atoms with E-state index >= 15 is 0 Å². The Morgan fingerprint density at radius 1 is 1.39 bits per heavy atom. The molecule has 132 valence electrons. The Hall–Kier alpha value is -1.37. The Kier molecular flexibility index (Phi) is 7.75. The molecule has 0 amide bonds. The molecule has 1 unspecified atom stereocenters. The third-order valence-corrected chi connectivity index (χ3v) is 5.11. The molecule has 0 bridgehead atoms. The van der Waals surface area contributed by atoms with E-state index in [1.807, 2.05) is 33.8 Å². The molecule has 0 saturated heterocycles. The van der Waals surface area contributed by atoms with Crippen LogP contribution in [0.2, 0.25) is 0 Å². The molecule has 1 atom stereocenters. The molecule has 2 N–H and O–H groups in total.